The minimum atomic E-state index is -0.559. The maximum atomic E-state index is 13.9. The van der Waals surface area contributed by atoms with Gasteiger partial charge in [-0.1, -0.05) is 25.0 Å². The zero-order valence-corrected chi connectivity index (χ0v) is 14.2. The monoisotopic (exact) mass is 345 g/mol. The first kappa shape index (κ1) is 16.5. The lowest BCUT2D eigenvalue weighted by Crippen LogP contribution is -2.49. The van der Waals surface area contributed by atoms with Crippen LogP contribution in [-0.4, -0.2) is 36.5 Å². The van der Waals surface area contributed by atoms with Gasteiger partial charge in [-0.25, -0.2) is 4.39 Å². The summed E-state index contributed by atoms with van der Waals surface area (Å²) < 4.78 is 13.9. The standard InChI is InChI=1S/C19H24FN3O2/c20-13-6-2-4-8-17(13)23-10-9-15(19(23)25)22-18(24)16-11-12-5-1-3-7-14(12)21-16/h2,4,6,8,12,14-16,21H,1,3,5,7,9-11H2,(H,22,24). The molecule has 2 amide bonds. The van der Waals surface area contributed by atoms with Crippen molar-refractivity contribution >= 4 is 17.5 Å². The highest BCUT2D eigenvalue weighted by molar-refractivity contribution is 6.01. The maximum Gasteiger partial charge on any atom is 0.249 e. The highest BCUT2D eigenvalue weighted by Gasteiger charge is 2.41. The number of carbonyl (C=O) groups is 2. The van der Waals surface area contributed by atoms with Crippen LogP contribution in [-0.2, 0) is 9.59 Å². The van der Waals surface area contributed by atoms with Gasteiger partial charge in [-0.2, -0.15) is 0 Å². The number of amides is 2. The molecule has 2 N–H and O–H groups in total. The highest BCUT2D eigenvalue weighted by atomic mass is 19.1. The van der Waals surface area contributed by atoms with Crippen molar-refractivity contribution in [3.05, 3.63) is 30.1 Å². The van der Waals surface area contributed by atoms with Gasteiger partial charge in [0.05, 0.1) is 11.7 Å². The molecule has 5 nitrogen and oxygen atoms in total. The lowest BCUT2D eigenvalue weighted by Gasteiger charge is -2.24. The molecule has 1 saturated carbocycles. The second-order valence-corrected chi connectivity index (χ2v) is 7.40. The van der Waals surface area contributed by atoms with Crippen LogP contribution in [0.5, 0.6) is 0 Å². The van der Waals surface area contributed by atoms with E-state index in [9.17, 15) is 14.0 Å². The van der Waals surface area contributed by atoms with Crippen LogP contribution in [0.1, 0.15) is 38.5 Å². The number of hydrogen-bond donors (Lipinski definition) is 2. The Bertz CT molecular complexity index is 666. The van der Waals surface area contributed by atoms with Gasteiger partial charge in [-0.05, 0) is 43.7 Å². The fourth-order valence-electron chi connectivity index (χ4n) is 4.52. The molecule has 2 aliphatic heterocycles. The molecule has 0 spiro atoms. The van der Waals surface area contributed by atoms with Crippen LogP contribution < -0.4 is 15.5 Å². The van der Waals surface area contributed by atoms with Gasteiger partial charge < -0.3 is 15.5 Å². The number of rotatable bonds is 3. The van der Waals surface area contributed by atoms with Crippen molar-refractivity contribution in [3.63, 3.8) is 0 Å². The van der Waals surface area contributed by atoms with E-state index in [0.717, 1.165) is 12.8 Å². The highest BCUT2D eigenvalue weighted by Crippen LogP contribution is 2.33. The van der Waals surface area contributed by atoms with Gasteiger partial charge in [0.1, 0.15) is 11.9 Å². The molecule has 0 aromatic heterocycles. The van der Waals surface area contributed by atoms with E-state index >= 15 is 0 Å². The van der Waals surface area contributed by atoms with Gasteiger partial charge in [0.25, 0.3) is 0 Å². The number of benzene rings is 1. The van der Waals surface area contributed by atoms with Crippen molar-refractivity contribution in [3.8, 4) is 0 Å². The fraction of sp³-hybridized carbons (Fsp3) is 0.579. The number of nitrogens with zero attached hydrogens (tertiary/aromatic N) is 1. The topological polar surface area (TPSA) is 61.4 Å². The molecule has 0 radical (unpaired) electrons. The summed E-state index contributed by atoms with van der Waals surface area (Å²) in [5, 5.41) is 6.32. The average Bonchev–Trinajstić information content (AvgIpc) is 3.20. The van der Waals surface area contributed by atoms with Crippen molar-refractivity contribution < 1.29 is 14.0 Å². The third-order valence-electron chi connectivity index (χ3n) is 5.84. The molecule has 134 valence electrons. The zero-order chi connectivity index (χ0) is 17.4. The summed E-state index contributed by atoms with van der Waals surface area (Å²) >= 11 is 0. The molecule has 25 heavy (non-hydrogen) atoms. The molecule has 3 fully saturated rings. The fourth-order valence-corrected chi connectivity index (χ4v) is 4.52. The second kappa shape index (κ2) is 6.75. The average molecular weight is 345 g/mol. The van der Waals surface area contributed by atoms with E-state index in [0.29, 0.717) is 24.9 Å². The Balaban J connectivity index is 1.38. The molecule has 0 bridgehead atoms. The zero-order valence-electron chi connectivity index (χ0n) is 14.2. The molecule has 1 aliphatic carbocycles. The molecular formula is C19H24FN3O2. The summed E-state index contributed by atoms with van der Waals surface area (Å²) in [7, 11) is 0. The van der Waals surface area contributed by atoms with Crippen LogP contribution >= 0.6 is 0 Å². The number of anilines is 1. The summed E-state index contributed by atoms with van der Waals surface area (Å²) in [6.45, 7) is 0.425. The largest absolute Gasteiger partial charge is 0.343 e. The van der Waals surface area contributed by atoms with Crippen LogP contribution in [0, 0.1) is 11.7 Å². The summed E-state index contributed by atoms with van der Waals surface area (Å²) in [5.41, 5.74) is 0.286. The molecule has 1 aromatic rings. The van der Waals surface area contributed by atoms with Crippen molar-refractivity contribution in [2.24, 2.45) is 5.92 Å². The van der Waals surface area contributed by atoms with Crippen LogP contribution in [0.2, 0.25) is 0 Å². The van der Waals surface area contributed by atoms with Gasteiger partial charge in [0, 0.05) is 12.6 Å². The third-order valence-corrected chi connectivity index (χ3v) is 5.84. The molecule has 2 heterocycles. The lowest BCUT2D eigenvalue weighted by molar-refractivity contribution is -0.127. The second-order valence-electron chi connectivity index (χ2n) is 7.40. The van der Waals surface area contributed by atoms with E-state index in [-0.39, 0.29) is 23.5 Å². The van der Waals surface area contributed by atoms with Gasteiger partial charge in [0.2, 0.25) is 11.8 Å². The van der Waals surface area contributed by atoms with Gasteiger partial charge in [0.15, 0.2) is 0 Å². The van der Waals surface area contributed by atoms with E-state index in [1.807, 2.05) is 0 Å². The Hall–Kier alpha value is -1.95. The lowest BCUT2D eigenvalue weighted by atomic mass is 9.85. The number of fused-ring (bicyclic) bond motifs is 1. The van der Waals surface area contributed by atoms with Crippen molar-refractivity contribution in [2.75, 3.05) is 11.4 Å². The Morgan fingerprint density at radius 2 is 2.00 bits per heavy atom. The van der Waals surface area contributed by atoms with Crippen LogP contribution in [0.3, 0.4) is 0 Å². The molecule has 4 atom stereocenters. The summed E-state index contributed by atoms with van der Waals surface area (Å²) in [4.78, 5) is 26.6. The molecule has 2 saturated heterocycles. The molecule has 4 unspecified atom stereocenters. The smallest absolute Gasteiger partial charge is 0.249 e. The van der Waals surface area contributed by atoms with Gasteiger partial charge in [-0.3, -0.25) is 9.59 Å². The van der Waals surface area contributed by atoms with E-state index in [4.69, 9.17) is 0 Å². The van der Waals surface area contributed by atoms with Crippen LogP contribution in [0.15, 0.2) is 24.3 Å². The Labute approximate surface area is 147 Å². The number of para-hydroxylation sites is 1. The van der Waals surface area contributed by atoms with Crippen LogP contribution in [0.4, 0.5) is 10.1 Å². The van der Waals surface area contributed by atoms with Gasteiger partial charge in [-0.15, -0.1) is 0 Å². The summed E-state index contributed by atoms with van der Waals surface area (Å²) in [6, 6.07) is 5.93. The number of nitrogens with one attached hydrogen (secondary N) is 2. The molecule has 4 rings (SSSR count). The number of carbonyl (C=O) groups excluding carboxylic acids is 2. The van der Waals surface area contributed by atoms with E-state index in [2.05, 4.69) is 10.6 Å². The van der Waals surface area contributed by atoms with Gasteiger partial charge >= 0.3 is 0 Å². The predicted octanol–water partition coefficient (Wildman–Crippen LogP) is 1.97. The molecule has 1 aromatic carbocycles. The van der Waals surface area contributed by atoms with E-state index < -0.39 is 11.9 Å². The van der Waals surface area contributed by atoms with Crippen LogP contribution in [0.25, 0.3) is 0 Å². The molecular weight excluding hydrogens is 321 g/mol. The number of hydrogen-bond acceptors (Lipinski definition) is 3. The SMILES string of the molecule is O=C(NC1CCN(c2ccccc2F)C1=O)C1CC2CCCCC2N1. The first-order chi connectivity index (χ1) is 12.1. The van der Waals surface area contributed by atoms with E-state index in [1.54, 1.807) is 18.2 Å². The Kier molecular flexibility index (Phi) is 4.46. The van der Waals surface area contributed by atoms with Crippen molar-refractivity contribution in [2.45, 2.75) is 56.7 Å². The minimum Gasteiger partial charge on any atom is -0.343 e. The maximum absolute atomic E-state index is 13.9. The summed E-state index contributed by atoms with van der Waals surface area (Å²) in [5.74, 6) is -0.153. The molecule has 6 heteroatoms. The Morgan fingerprint density at radius 1 is 1.20 bits per heavy atom. The molecule has 3 aliphatic rings. The van der Waals surface area contributed by atoms with Crippen molar-refractivity contribution in [1.82, 2.24) is 10.6 Å². The van der Waals surface area contributed by atoms with E-state index in [1.165, 1.54) is 30.2 Å². The first-order valence-corrected chi connectivity index (χ1v) is 9.26. The first-order valence-electron chi connectivity index (χ1n) is 9.26. The quantitative estimate of drug-likeness (QED) is 0.880. The number of halogens is 1. The third kappa shape index (κ3) is 3.15. The Morgan fingerprint density at radius 3 is 2.80 bits per heavy atom. The summed E-state index contributed by atoms with van der Waals surface area (Å²) in [6.07, 6.45) is 6.16. The minimum absolute atomic E-state index is 0.0943. The van der Waals surface area contributed by atoms with Crippen molar-refractivity contribution in [1.29, 1.82) is 0 Å². The normalized spacial score (nSPS) is 31.9. The predicted molar refractivity (Wildman–Crippen MR) is 92.6 cm³/mol.